The Kier molecular flexibility index (Phi) is 4.14. The second-order valence-corrected chi connectivity index (χ2v) is 7.21. The molecule has 106 valence electrons. The maximum absolute atomic E-state index is 12.6. The number of benzene rings is 1. The van der Waals surface area contributed by atoms with E-state index in [1.165, 1.54) is 9.80 Å². The number of nitrogens with zero attached hydrogens (tertiary/aromatic N) is 1. The number of quaternary nitrogens is 1. The van der Waals surface area contributed by atoms with E-state index < -0.39 is 0 Å². The molecule has 1 N–H and O–H groups in total. The molecule has 6 heteroatoms. The first-order valence-electron chi connectivity index (χ1n) is 6.71. The molecule has 1 aromatic rings. The van der Waals surface area contributed by atoms with Gasteiger partial charge in [-0.05, 0) is 24.3 Å². The van der Waals surface area contributed by atoms with Crippen LogP contribution in [0.4, 0.5) is 5.69 Å². The van der Waals surface area contributed by atoms with E-state index in [2.05, 4.69) is 15.9 Å². The maximum Gasteiger partial charge on any atom is 0.292 e. The highest BCUT2D eigenvalue weighted by molar-refractivity contribution is 9.10. The number of nitrogens with one attached hydrogen (secondary N) is 1. The molecular weight excluding hydrogens is 340 g/mol. The number of amides is 2. The molecule has 0 radical (unpaired) electrons. The van der Waals surface area contributed by atoms with Crippen LogP contribution in [0.2, 0.25) is 0 Å². The maximum atomic E-state index is 12.6. The Hall–Kier alpha value is -0.850. The van der Waals surface area contributed by atoms with Gasteiger partial charge in [-0.2, -0.15) is 11.8 Å². The van der Waals surface area contributed by atoms with Gasteiger partial charge in [0.25, 0.3) is 5.91 Å². The highest BCUT2D eigenvalue weighted by Crippen LogP contribution is 2.24. The van der Waals surface area contributed by atoms with Crippen LogP contribution in [0.5, 0.6) is 0 Å². The van der Waals surface area contributed by atoms with E-state index in [1.807, 2.05) is 36.0 Å². The first-order valence-corrected chi connectivity index (χ1v) is 8.66. The average Bonchev–Trinajstić information content (AvgIpc) is 2.76. The molecule has 4 nitrogen and oxygen atoms in total. The van der Waals surface area contributed by atoms with E-state index in [9.17, 15) is 9.59 Å². The molecule has 0 spiro atoms. The summed E-state index contributed by atoms with van der Waals surface area (Å²) in [6, 6.07) is 7.14. The topological polar surface area (TPSA) is 41.8 Å². The average molecular weight is 356 g/mol. The van der Waals surface area contributed by atoms with Crippen LogP contribution in [0, 0.1) is 0 Å². The molecule has 2 aliphatic rings. The van der Waals surface area contributed by atoms with Gasteiger partial charge in [0.05, 0.1) is 25.2 Å². The third-order valence-corrected chi connectivity index (χ3v) is 5.37. The molecule has 1 aromatic carbocycles. The number of hydrogen-bond acceptors (Lipinski definition) is 3. The van der Waals surface area contributed by atoms with Crippen molar-refractivity contribution < 1.29 is 14.5 Å². The number of anilines is 1. The van der Waals surface area contributed by atoms with Gasteiger partial charge < -0.3 is 4.90 Å². The first kappa shape index (κ1) is 14.1. The molecule has 3 rings (SSSR count). The van der Waals surface area contributed by atoms with E-state index in [4.69, 9.17) is 0 Å². The van der Waals surface area contributed by atoms with Crippen molar-refractivity contribution in [3.05, 3.63) is 28.7 Å². The summed E-state index contributed by atoms with van der Waals surface area (Å²) in [5.74, 6) is 2.03. The van der Waals surface area contributed by atoms with Gasteiger partial charge in [0.15, 0.2) is 6.04 Å². The lowest BCUT2D eigenvalue weighted by Gasteiger charge is -2.27. The van der Waals surface area contributed by atoms with Crippen LogP contribution in [-0.2, 0) is 9.59 Å². The van der Waals surface area contributed by atoms with Crippen LogP contribution in [0.1, 0.15) is 6.42 Å². The van der Waals surface area contributed by atoms with Crippen LogP contribution in [0.3, 0.4) is 0 Å². The van der Waals surface area contributed by atoms with Gasteiger partial charge in [0.1, 0.15) is 0 Å². The minimum atomic E-state index is -0.188. The minimum Gasteiger partial charge on any atom is -0.323 e. The third kappa shape index (κ3) is 2.64. The Morgan fingerprint density at radius 3 is 2.45 bits per heavy atom. The smallest absolute Gasteiger partial charge is 0.292 e. The van der Waals surface area contributed by atoms with Crippen LogP contribution < -0.4 is 9.80 Å². The monoisotopic (exact) mass is 355 g/mol. The van der Waals surface area contributed by atoms with Crippen molar-refractivity contribution in [1.29, 1.82) is 0 Å². The largest absolute Gasteiger partial charge is 0.323 e. The molecule has 0 unspecified atom stereocenters. The van der Waals surface area contributed by atoms with Crippen molar-refractivity contribution in [2.75, 3.05) is 29.5 Å². The molecule has 2 heterocycles. The number of hydrogen-bond donors (Lipinski definition) is 1. The first-order chi connectivity index (χ1) is 9.66. The Balaban J connectivity index is 1.81. The van der Waals surface area contributed by atoms with Crippen LogP contribution in [0.25, 0.3) is 0 Å². The fourth-order valence-electron chi connectivity index (χ4n) is 2.79. The van der Waals surface area contributed by atoms with Crippen molar-refractivity contribution in [2.24, 2.45) is 0 Å². The van der Waals surface area contributed by atoms with Crippen molar-refractivity contribution in [2.45, 2.75) is 12.5 Å². The number of imide groups is 1. The molecule has 2 saturated heterocycles. The van der Waals surface area contributed by atoms with Crippen LogP contribution >= 0.6 is 27.7 Å². The number of thioether (sulfide) groups is 1. The normalized spacial score (nSPS) is 24.4. The van der Waals surface area contributed by atoms with Gasteiger partial charge in [-0.15, -0.1) is 0 Å². The molecule has 2 amide bonds. The van der Waals surface area contributed by atoms with Gasteiger partial charge in [-0.25, -0.2) is 4.90 Å². The predicted molar refractivity (Wildman–Crippen MR) is 83.1 cm³/mol. The van der Waals surface area contributed by atoms with Gasteiger partial charge in [-0.1, -0.05) is 15.9 Å². The summed E-state index contributed by atoms with van der Waals surface area (Å²) >= 11 is 5.29. The number of rotatable bonds is 2. The summed E-state index contributed by atoms with van der Waals surface area (Å²) < 4.78 is 0.940. The lowest BCUT2D eigenvalue weighted by Crippen LogP contribution is -3.18. The standard InChI is InChI=1S/C14H15BrN2O2S/c15-10-1-3-11(4-2-10)17-13(18)9-12(14(17)19)16-5-7-20-8-6-16/h1-4,12H,5-9H2/p+1/t12-/m1/s1. The predicted octanol–water partition coefficient (Wildman–Crippen LogP) is 0.713. The third-order valence-electron chi connectivity index (χ3n) is 3.86. The van der Waals surface area contributed by atoms with Crippen molar-refractivity contribution in [3.63, 3.8) is 0 Å². The minimum absolute atomic E-state index is 0.0424. The quantitative estimate of drug-likeness (QED) is 0.794. The second-order valence-electron chi connectivity index (χ2n) is 5.07. The Bertz CT molecular complexity index is 528. The zero-order valence-electron chi connectivity index (χ0n) is 11.0. The van der Waals surface area contributed by atoms with E-state index in [0.29, 0.717) is 12.1 Å². The fraction of sp³-hybridized carbons (Fsp3) is 0.429. The van der Waals surface area contributed by atoms with Gasteiger partial charge >= 0.3 is 0 Å². The van der Waals surface area contributed by atoms with Crippen LogP contribution in [0.15, 0.2) is 28.7 Å². The lowest BCUT2D eigenvalue weighted by molar-refractivity contribution is -0.911. The molecule has 20 heavy (non-hydrogen) atoms. The number of halogens is 1. The SMILES string of the molecule is O=C1C[C@@H]([NH+]2CCSCC2)C(=O)N1c1ccc(Br)cc1. The van der Waals surface area contributed by atoms with Crippen molar-refractivity contribution in [3.8, 4) is 0 Å². The summed E-state index contributed by atoms with van der Waals surface area (Å²) in [7, 11) is 0. The molecule has 0 saturated carbocycles. The fourth-order valence-corrected chi connectivity index (χ4v) is 4.08. The molecular formula is C14H16BrN2O2S+. The van der Waals surface area contributed by atoms with Gasteiger partial charge in [-0.3, -0.25) is 9.59 Å². The summed E-state index contributed by atoms with van der Waals surface area (Å²) in [6.45, 7) is 1.95. The zero-order valence-corrected chi connectivity index (χ0v) is 13.4. The van der Waals surface area contributed by atoms with Crippen molar-refractivity contribution in [1.82, 2.24) is 0 Å². The number of carbonyl (C=O) groups excluding carboxylic acids is 2. The van der Waals surface area contributed by atoms with Crippen molar-refractivity contribution >= 4 is 45.2 Å². The summed E-state index contributed by atoms with van der Waals surface area (Å²) in [6.07, 6.45) is 0.342. The molecule has 0 bridgehead atoms. The zero-order chi connectivity index (χ0) is 14.1. The number of carbonyl (C=O) groups is 2. The summed E-state index contributed by atoms with van der Waals surface area (Å²) in [4.78, 5) is 27.4. The van der Waals surface area contributed by atoms with E-state index in [1.54, 1.807) is 0 Å². The van der Waals surface area contributed by atoms with Gasteiger partial charge in [0.2, 0.25) is 5.91 Å². The summed E-state index contributed by atoms with van der Waals surface area (Å²) in [5.41, 5.74) is 0.677. The van der Waals surface area contributed by atoms with E-state index in [-0.39, 0.29) is 17.9 Å². The van der Waals surface area contributed by atoms with E-state index >= 15 is 0 Å². The molecule has 2 aliphatic heterocycles. The Labute approximate surface area is 130 Å². The Morgan fingerprint density at radius 1 is 1.15 bits per heavy atom. The highest BCUT2D eigenvalue weighted by atomic mass is 79.9. The van der Waals surface area contributed by atoms with Gasteiger partial charge in [0, 0.05) is 16.0 Å². The molecule has 2 fully saturated rings. The Morgan fingerprint density at radius 2 is 1.80 bits per heavy atom. The molecule has 1 atom stereocenters. The summed E-state index contributed by atoms with van der Waals surface area (Å²) in [5, 5.41) is 0. The molecule has 0 aromatic heterocycles. The lowest BCUT2D eigenvalue weighted by atomic mass is 10.2. The highest BCUT2D eigenvalue weighted by Gasteiger charge is 2.45. The van der Waals surface area contributed by atoms with Crippen LogP contribution in [-0.4, -0.2) is 42.5 Å². The molecule has 0 aliphatic carbocycles. The second kappa shape index (κ2) is 5.87. The van der Waals surface area contributed by atoms with E-state index in [0.717, 1.165) is 29.1 Å².